The van der Waals surface area contributed by atoms with Crippen LogP contribution in [-0.2, 0) is 6.42 Å². The third-order valence-corrected chi connectivity index (χ3v) is 3.93. The topological polar surface area (TPSA) is 67.9 Å². The third kappa shape index (κ3) is 3.48. The Morgan fingerprint density at radius 1 is 1.13 bits per heavy atom. The molecule has 6 heteroatoms. The van der Waals surface area contributed by atoms with E-state index in [1.165, 1.54) is 0 Å². The third-order valence-electron chi connectivity index (χ3n) is 3.40. The summed E-state index contributed by atoms with van der Waals surface area (Å²) in [6, 6.07) is 15.2. The summed E-state index contributed by atoms with van der Waals surface area (Å²) in [4.78, 5) is 16.4. The number of H-pyrrole nitrogens is 1. The highest BCUT2D eigenvalue weighted by Gasteiger charge is 2.11. The van der Waals surface area contributed by atoms with Gasteiger partial charge in [-0.2, -0.15) is 5.10 Å². The molecule has 0 aliphatic carbocycles. The van der Waals surface area contributed by atoms with Crippen LogP contribution < -0.4 is 10.3 Å². The van der Waals surface area contributed by atoms with Crippen molar-refractivity contribution in [2.45, 2.75) is 6.42 Å². The second kappa shape index (κ2) is 6.75. The van der Waals surface area contributed by atoms with Gasteiger partial charge in [-0.1, -0.05) is 40.2 Å². The normalized spacial score (nSPS) is 10.5. The molecule has 0 radical (unpaired) electrons. The Morgan fingerprint density at radius 3 is 2.61 bits per heavy atom. The minimum Gasteiger partial charge on any atom is -0.496 e. The molecule has 5 nitrogen and oxygen atoms in total. The summed E-state index contributed by atoms with van der Waals surface area (Å²) in [7, 11) is 1.59. The predicted molar refractivity (Wildman–Crippen MR) is 91.6 cm³/mol. The largest absolute Gasteiger partial charge is 0.496 e. The van der Waals surface area contributed by atoms with Gasteiger partial charge in [0.25, 0.3) is 5.56 Å². The zero-order valence-corrected chi connectivity index (χ0v) is 14.0. The van der Waals surface area contributed by atoms with Gasteiger partial charge in [0.15, 0.2) is 5.82 Å². The maximum absolute atomic E-state index is 12.0. The maximum atomic E-state index is 12.0. The van der Waals surface area contributed by atoms with Gasteiger partial charge in [-0.15, -0.1) is 0 Å². The lowest BCUT2D eigenvalue weighted by Crippen LogP contribution is -2.18. The average molecular weight is 372 g/mol. The van der Waals surface area contributed by atoms with Crippen LogP contribution in [0.4, 0.5) is 0 Å². The van der Waals surface area contributed by atoms with E-state index in [1.807, 2.05) is 48.5 Å². The van der Waals surface area contributed by atoms with E-state index >= 15 is 0 Å². The van der Waals surface area contributed by atoms with Crippen LogP contribution in [0.1, 0.15) is 11.3 Å². The molecular weight excluding hydrogens is 358 g/mol. The Bertz CT molecular complexity index is 876. The molecule has 0 spiro atoms. The van der Waals surface area contributed by atoms with Crippen LogP contribution in [0.3, 0.4) is 0 Å². The van der Waals surface area contributed by atoms with Crippen LogP contribution >= 0.6 is 15.9 Å². The summed E-state index contributed by atoms with van der Waals surface area (Å²) in [6.07, 6.45) is 0.438. The number of ether oxygens (including phenoxy) is 1. The molecule has 3 rings (SSSR count). The highest BCUT2D eigenvalue weighted by molar-refractivity contribution is 9.10. The van der Waals surface area contributed by atoms with Crippen molar-refractivity contribution in [1.29, 1.82) is 0 Å². The fourth-order valence-corrected chi connectivity index (χ4v) is 2.50. The van der Waals surface area contributed by atoms with Crippen molar-refractivity contribution >= 4 is 15.9 Å². The van der Waals surface area contributed by atoms with Crippen LogP contribution in [0, 0.1) is 0 Å². The summed E-state index contributed by atoms with van der Waals surface area (Å²) in [5.74, 6) is 1.10. The van der Waals surface area contributed by atoms with Gasteiger partial charge in [-0.3, -0.25) is 4.79 Å². The van der Waals surface area contributed by atoms with E-state index < -0.39 is 0 Å². The van der Waals surface area contributed by atoms with E-state index in [4.69, 9.17) is 4.74 Å². The van der Waals surface area contributed by atoms with Crippen molar-refractivity contribution in [1.82, 2.24) is 15.2 Å². The van der Waals surface area contributed by atoms with Crippen molar-refractivity contribution in [3.63, 3.8) is 0 Å². The first kappa shape index (κ1) is 15.4. The SMILES string of the molecule is COc1ccccc1-c1n[nH]c(=O)c(Cc2ccc(Br)cc2)n1. The van der Waals surface area contributed by atoms with Gasteiger partial charge in [0, 0.05) is 10.9 Å². The van der Waals surface area contributed by atoms with E-state index in [9.17, 15) is 4.79 Å². The van der Waals surface area contributed by atoms with E-state index in [1.54, 1.807) is 7.11 Å². The minimum absolute atomic E-state index is 0.286. The molecule has 3 aromatic rings. The lowest BCUT2D eigenvalue weighted by molar-refractivity contribution is 0.416. The highest BCUT2D eigenvalue weighted by atomic mass is 79.9. The van der Waals surface area contributed by atoms with Gasteiger partial charge in [0.1, 0.15) is 11.4 Å². The lowest BCUT2D eigenvalue weighted by Gasteiger charge is -2.07. The van der Waals surface area contributed by atoms with Crippen molar-refractivity contribution in [3.05, 3.63) is 74.6 Å². The molecule has 0 amide bonds. The fourth-order valence-electron chi connectivity index (χ4n) is 2.24. The summed E-state index contributed by atoms with van der Waals surface area (Å²) in [5.41, 5.74) is 1.88. The molecule has 0 atom stereocenters. The molecule has 0 aliphatic rings. The van der Waals surface area contributed by atoms with Crippen molar-refractivity contribution in [3.8, 4) is 17.1 Å². The first-order valence-electron chi connectivity index (χ1n) is 7.01. The molecule has 0 aliphatic heterocycles. The molecule has 23 heavy (non-hydrogen) atoms. The van der Waals surface area contributed by atoms with Crippen LogP contribution in [0.15, 0.2) is 57.8 Å². The molecule has 1 N–H and O–H groups in total. The number of nitrogens with zero attached hydrogens (tertiary/aromatic N) is 2. The Kier molecular flexibility index (Phi) is 4.52. The summed E-state index contributed by atoms with van der Waals surface area (Å²) in [6.45, 7) is 0. The van der Waals surface area contributed by atoms with Crippen LogP contribution in [0.5, 0.6) is 5.75 Å². The van der Waals surface area contributed by atoms with Gasteiger partial charge < -0.3 is 4.74 Å². The molecular formula is C17H14BrN3O2. The first-order chi connectivity index (χ1) is 11.2. The van der Waals surface area contributed by atoms with Crippen LogP contribution in [-0.4, -0.2) is 22.3 Å². The molecule has 1 heterocycles. The molecule has 0 saturated heterocycles. The number of hydrogen-bond acceptors (Lipinski definition) is 4. The van der Waals surface area contributed by atoms with Crippen LogP contribution in [0.25, 0.3) is 11.4 Å². The lowest BCUT2D eigenvalue weighted by atomic mass is 10.1. The number of para-hydroxylation sites is 1. The van der Waals surface area contributed by atoms with Gasteiger partial charge in [-0.05, 0) is 29.8 Å². The van der Waals surface area contributed by atoms with E-state index in [2.05, 4.69) is 31.1 Å². The van der Waals surface area contributed by atoms with Crippen LogP contribution in [0.2, 0.25) is 0 Å². The number of aromatic nitrogens is 3. The number of aromatic amines is 1. The first-order valence-corrected chi connectivity index (χ1v) is 7.80. The molecule has 0 bridgehead atoms. The number of nitrogens with one attached hydrogen (secondary N) is 1. The standard InChI is InChI=1S/C17H14BrN3O2/c1-23-15-5-3-2-4-13(15)16-19-14(17(22)21-20-16)10-11-6-8-12(18)9-7-11/h2-9H,10H2,1H3,(H,21,22). The fraction of sp³-hybridized carbons (Fsp3) is 0.118. The van der Waals surface area contributed by atoms with Crippen molar-refractivity contribution < 1.29 is 4.74 Å². The van der Waals surface area contributed by atoms with Crippen molar-refractivity contribution in [2.24, 2.45) is 0 Å². The van der Waals surface area contributed by atoms with E-state index in [0.29, 0.717) is 23.7 Å². The minimum atomic E-state index is -0.286. The van der Waals surface area contributed by atoms with Crippen molar-refractivity contribution in [2.75, 3.05) is 7.11 Å². The molecule has 116 valence electrons. The quantitative estimate of drug-likeness (QED) is 0.764. The Hall–Kier alpha value is -2.47. The number of benzene rings is 2. The monoisotopic (exact) mass is 371 g/mol. The highest BCUT2D eigenvalue weighted by Crippen LogP contribution is 2.26. The van der Waals surface area contributed by atoms with Gasteiger partial charge in [-0.25, -0.2) is 10.1 Å². The Balaban J connectivity index is 1.99. The summed E-state index contributed by atoms with van der Waals surface area (Å²) < 4.78 is 6.32. The second-order valence-corrected chi connectivity index (χ2v) is 5.85. The molecule has 2 aromatic carbocycles. The van der Waals surface area contributed by atoms with Gasteiger partial charge in [0.05, 0.1) is 12.7 Å². The number of halogens is 1. The Labute approximate surface area is 141 Å². The Morgan fingerprint density at radius 2 is 1.87 bits per heavy atom. The molecule has 0 saturated carbocycles. The molecule has 1 aromatic heterocycles. The number of rotatable bonds is 4. The van der Waals surface area contributed by atoms with Gasteiger partial charge >= 0.3 is 0 Å². The average Bonchev–Trinajstić information content (AvgIpc) is 2.59. The molecule has 0 unspecified atom stereocenters. The van der Waals surface area contributed by atoms with E-state index in [-0.39, 0.29) is 5.56 Å². The molecule has 0 fully saturated rings. The van der Waals surface area contributed by atoms with E-state index in [0.717, 1.165) is 15.6 Å². The second-order valence-electron chi connectivity index (χ2n) is 4.94. The zero-order valence-electron chi connectivity index (χ0n) is 12.4. The smallest absolute Gasteiger partial charge is 0.286 e. The number of hydrogen-bond donors (Lipinski definition) is 1. The summed E-state index contributed by atoms with van der Waals surface area (Å²) in [5, 5.41) is 6.55. The maximum Gasteiger partial charge on any atom is 0.286 e. The number of methoxy groups -OCH3 is 1. The predicted octanol–water partition coefficient (Wildman–Crippen LogP) is 3.19. The summed E-state index contributed by atoms with van der Waals surface area (Å²) >= 11 is 3.40. The zero-order chi connectivity index (χ0) is 16.2. The van der Waals surface area contributed by atoms with Gasteiger partial charge in [0.2, 0.25) is 0 Å².